The van der Waals surface area contributed by atoms with Gasteiger partial charge in [-0.1, -0.05) is 47.6 Å². The molecule has 0 fully saturated rings. The molecule has 0 aliphatic rings. The van der Waals surface area contributed by atoms with Crippen LogP contribution in [0.25, 0.3) is 22.3 Å². The topological polar surface area (TPSA) is 104 Å². The summed E-state index contributed by atoms with van der Waals surface area (Å²) in [5.74, 6) is 1.25. The number of hydrogen-bond acceptors (Lipinski definition) is 6. The number of thioether (sulfide) groups is 1. The fourth-order valence-electron chi connectivity index (χ4n) is 3.09. The summed E-state index contributed by atoms with van der Waals surface area (Å²) in [6, 6.07) is 14.0. The van der Waals surface area contributed by atoms with Crippen LogP contribution < -0.4 is 5.14 Å². The van der Waals surface area contributed by atoms with Gasteiger partial charge in [0.25, 0.3) is 0 Å². The minimum Gasteiger partial charge on any atom is -0.360 e. The number of imidazole rings is 1. The highest BCUT2D eigenvalue weighted by Crippen LogP contribution is 2.30. The van der Waals surface area contributed by atoms with E-state index in [0.29, 0.717) is 22.1 Å². The molecule has 0 atom stereocenters. The summed E-state index contributed by atoms with van der Waals surface area (Å²) in [5.41, 5.74) is 3.12. The predicted molar refractivity (Wildman–Crippen MR) is 118 cm³/mol. The van der Waals surface area contributed by atoms with Crippen molar-refractivity contribution in [2.24, 2.45) is 5.14 Å². The fraction of sp³-hybridized carbons (Fsp3) is 0.200. The highest BCUT2D eigenvalue weighted by atomic mass is 35.5. The van der Waals surface area contributed by atoms with E-state index in [2.05, 4.69) is 21.6 Å². The Morgan fingerprint density at radius 3 is 2.63 bits per heavy atom. The van der Waals surface area contributed by atoms with Crippen LogP contribution in [-0.4, -0.2) is 23.1 Å². The molecule has 0 radical (unpaired) electrons. The quantitative estimate of drug-likeness (QED) is 0.399. The molecule has 2 heterocycles. The third-order valence-electron chi connectivity index (χ3n) is 4.50. The summed E-state index contributed by atoms with van der Waals surface area (Å²) in [6.45, 7) is 2.84. The normalized spacial score (nSPS) is 12.0. The minimum absolute atomic E-state index is 0.0514. The van der Waals surface area contributed by atoms with Gasteiger partial charge in [0.1, 0.15) is 11.5 Å². The molecule has 0 spiro atoms. The molecule has 0 aliphatic carbocycles. The number of nitrogens with zero attached hydrogens (tertiary/aromatic N) is 3. The summed E-state index contributed by atoms with van der Waals surface area (Å²) >= 11 is 7.44. The third kappa shape index (κ3) is 4.39. The molecule has 0 bridgehead atoms. The molecule has 4 rings (SSSR count). The van der Waals surface area contributed by atoms with Crippen molar-refractivity contribution >= 4 is 44.4 Å². The standard InChI is InChI=1S/C20H19ClN4O3S2/c1-2-9-25-19-8-7-16(30(22,26)27)11-18(19)23-20(25)29-12-15-10-17(24-28-15)13-3-5-14(21)6-4-13/h3-8,10-11H,2,9,12H2,1H3,(H2,22,26,27). The molecular weight excluding hydrogens is 444 g/mol. The number of hydrogen-bond donors (Lipinski definition) is 1. The van der Waals surface area contributed by atoms with E-state index >= 15 is 0 Å². The second-order valence-corrected chi connectivity index (χ2v) is 9.66. The van der Waals surface area contributed by atoms with Crippen LogP contribution in [0.1, 0.15) is 19.1 Å². The lowest BCUT2D eigenvalue weighted by atomic mass is 10.1. The van der Waals surface area contributed by atoms with Crippen molar-refractivity contribution in [2.75, 3.05) is 0 Å². The largest absolute Gasteiger partial charge is 0.360 e. The van der Waals surface area contributed by atoms with Crippen LogP contribution in [0.4, 0.5) is 0 Å². The number of halogens is 1. The molecule has 2 aromatic heterocycles. The average molecular weight is 463 g/mol. The van der Waals surface area contributed by atoms with Crippen molar-refractivity contribution in [3.63, 3.8) is 0 Å². The van der Waals surface area contributed by atoms with E-state index in [4.69, 9.17) is 21.3 Å². The maximum atomic E-state index is 11.7. The van der Waals surface area contributed by atoms with Crippen molar-refractivity contribution in [2.45, 2.75) is 35.7 Å². The molecule has 2 aromatic carbocycles. The maximum Gasteiger partial charge on any atom is 0.238 e. The van der Waals surface area contributed by atoms with Gasteiger partial charge in [-0.3, -0.25) is 0 Å². The lowest BCUT2D eigenvalue weighted by Gasteiger charge is -2.06. The van der Waals surface area contributed by atoms with E-state index in [1.165, 1.54) is 23.9 Å². The van der Waals surface area contributed by atoms with Crippen LogP contribution in [0.15, 0.2) is 63.1 Å². The van der Waals surface area contributed by atoms with Crippen molar-refractivity contribution in [1.82, 2.24) is 14.7 Å². The lowest BCUT2D eigenvalue weighted by Crippen LogP contribution is -2.11. The van der Waals surface area contributed by atoms with E-state index in [1.54, 1.807) is 6.07 Å². The van der Waals surface area contributed by atoms with Crippen LogP contribution in [0.3, 0.4) is 0 Å². The van der Waals surface area contributed by atoms with Crippen molar-refractivity contribution < 1.29 is 12.9 Å². The zero-order chi connectivity index (χ0) is 21.3. The van der Waals surface area contributed by atoms with Gasteiger partial charge in [0.05, 0.1) is 21.7 Å². The third-order valence-corrected chi connectivity index (χ3v) is 6.66. The van der Waals surface area contributed by atoms with E-state index in [9.17, 15) is 8.42 Å². The molecular formula is C20H19ClN4O3S2. The Kier molecular flexibility index (Phi) is 5.88. The molecule has 0 unspecified atom stereocenters. The highest BCUT2D eigenvalue weighted by Gasteiger charge is 2.16. The predicted octanol–water partition coefficient (Wildman–Crippen LogP) is 4.69. The van der Waals surface area contributed by atoms with Gasteiger partial charge >= 0.3 is 0 Å². The molecule has 156 valence electrons. The number of sulfonamides is 1. The van der Waals surface area contributed by atoms with E-state index in [-0.39, 0.29) is 4.90 Å². The average Bonchev–Trinajstić information content (AvgIpc) is 3.31. The van der Waals surface area contributed by atoms with E-state index in [1.807, 2.05) is 30.3 Å². The maximum absolute atomic E-state index is 11.7. The summed E-state index contributed by atoms with van der Waals surface area (Å²) < 4.78 is 30.9. The Morgan fingerprint density at radius 1 is 1.17 bits per heavy atom. The second kappa shape index (κ2) is 8.43. The number of aromatic nitrogens is 3. The van der Waals surface area contributed by atoms with Crippen molar-refractivity contribution in [3.8, 4) is 11.3 Å². The van der Waals surface area contributed by atoms with Crippen molar-refractivity contribution in [3.05, 3.63) is 59.3 Å². The first-order chi connectivity index (χ1) is 14.3. The minimum atomic E-state index is -3.78. The highest BCUT2D eigenvalue weighted by molar-refractivity contribution is 7.98. The number of rotatable bonds is 7. The molecule has 0 aliphatic heterocycles. The number of aryl methyl sites for hydroxylation is 1. The summed E-state index contributed by atoms with van der Waals surface area (Å²) in [5, 5.41) is 10.8. The SMILES string of the molecule is CCCn1c(SCc2cc(-c3ccc(Cl)cc3)no2)nc2cc(S(N)(=O)=O)ccc21. The number of fused-ring (bicyclic) bond motifs is 1. The molecule has 4 aromatic rings. The Bertz CT molecular complexity index is 1300. The zero-order valence-electron chi connectivity index (χ0n) is 16.1. The van der Waals surface area contributed by atoms with Gasteiger partial charge in [0.15, 0.2) is 5.16 Å². The van der Waals surface area contributed by atoms with Crippen LogP contribution in [0.2, 0.25) is 5.02 Å². The molecule has 0 saturated carbocycles. The smallest absolute Gasteiger partial charge is 0.238 e. The van der Waals surface area contributed by atoms with Gasteiger partial charge in [-0.15, -0.1) is 0 Å². The van der Waals surface area contributed by atoms with Crippen LogP contribution >= 0.6 is 23.4 Å². The molecule has 0 saturated heterocycles. The number of nitrogens with two attached hydrogens (primary N) is 1. The van der Waals surface area contributed by atoms with E-state index < -0.39 is 10.0 Å². The Labute approximate surface area is 183 Å². The van der Waals surface area contributed by atoms with Crippen LogP contribution in [0, 0.1) is 0 Å². The van der Waals surface area contributed by atoms with Gasteiger partial charge in [-0.25, -0.2) is 18.5 Å². The van der Waals surface area contributed by atoms with Crippen LogP contribution in [-0.2, 0) is 22.3 Å². The molecule has 10 heteroatoms. The zero-order valence-corrected chi connectivity index (χ0v) is 18.5. The summed E-state index contributed by atoms with van der Waals surface area (Å²) in [6.07, 6.45) is 0.916. The first-order valence-electron chi connectivity index (χ1n) is 9.22. The number of primary sulfonamides is 1. The first-order valence-corrected chi connectivity index (χ1v) is 12.1. The first kappa shape index (κ1) is 20.9. The summed E-state index contributed by atoms with van der Waals surface area (Å²) in [7, 11) is -3.78. The van der Waals surface area contributed by atoms with Gasteiger partial charge in [0, 0.05) is 23.2 Å². The number of benzene rings is 2. The monoisotopic (exact) mass is 462 g/mol. The van der Waals surface area contributed by atoms with Crippen LogP contribution in [0.5, 0.6) is 0 Å². The van der Waals surface area contributed by atoms with Gasteiger partial charge in [-0.2, -0.15) is 0 Å². The molecule has 2 N–H and O–H groups in total. The van der Waals surface area contributed by atoms with Gasteiger partial charge in [-0.05, 0) is 36.8 Å². The Hall–Kier alpha value is -2.33. The van der Waals surface area contributed by atoms with E-state index in [0.717, 1.165) is 34.9 Å². The lowest BCUT2D eigenvalue weighted by molar-refractivity contribution is 0.397. The van der Waals surface area contributed by atoms with Crippen molar-refractivity contribution in [1.29, 1.82) is 0 Å². The molecule has 7 nitrogen and oxygen atoms in total. The molecule has 0 amide bonds. The Morgan fingerprint density at radius 2 is 1.93 bits per heavy atom. The second-order valence-electron chi connectivity index (χ2n) is 6.72. The van der Waals surface area contributed by atoms with Gasteiger partial charge < -0.3 is 9.09 Å². The molecule has 30 heavy (non-hydrogen) atoms. The Balaban J connectivity index is 1.59. The fourth-order valence-corrected chi connectivity index (χ4v) is 4.66. The summed E-state index contributed by atoms with van der Waals surface area (Å²) in [4.78, 5) is 4.68. The van der Waals surface area contributed by atoms with Gasteiger partial charge in [0.2, 0.25) is 10.0 Å².